The number of piperazine rings is 1. The Hall–Kier alpha value is -2.87. The maximum atomic E-state index is 12.3. The quantitative estimate of drug-likeness (QED) is 0.761. The summed E-state index contributed by atoms with van der Waals surface area (Å²) < 4.78 is 5.41. The molecule has 2 aliphatic rings. The Bertz CT molecular complexity index is 773. The second-order valence-corrected chi connectivity index (χ2v) is 6.67. The van der Waals surface area contributed by atoms with E-state index in [9.17, 15) is 14.4 Å². The summed E-state index contributed by atoms with van der Waals surface area (Å²) in [6.45, 7) is 6.21. The minimum absolute atomic E-state index is 0.134. The first-order chi connectivity index (χ1) is 12.9. The van der Waals surface area contributed by atoms with Gasteiger partial charge in [0.05, 0.1) is 19.3 Å². The van der Waals surface area contributed by atoms with E-state index in [2.05, 4.69) is 10.3 Å². The molecular formula is C19H24N4O4. The van der Waals surface area contributed by atoms with Crippen LogP contribution < -0.4 is 15.1 Å². The van der Waals surface area contributed by atoms with E-state index in [4.69, 9.17) is 4.74 Å². The Labute approximate surface area is 158 Å². The fourth-order valence-electron chi connectivity index (χ4n) is 3.25. The Morgan fingerprint density at radius 3 is 2.22 bits per heavy atom. The summed E-state index contributed by atoms with van der Waals surface area (Å²) in [5, 5.41) is 0.804. The number of hydrogen-bond acceptors (Lipinski definition) is 6. The highest BCUT2D eigenvalue weighted by Gasteiger charge is 2.35. The van der Waals surface area contributed by atoms with Crippen LogP contribution in [0.5, 0.6) is 5.75 Å². The molecule has 0 aliphatic carbocycles. The van der Waals surface area contributed by atoms with Crippen LogP contribution in [0.25, 0.3) is 0 Å². The van der Waals surface area contributed by atoms with Crippen molar-refractivity contribution in [2.45, 2.75) is 13.8 Å². The molecule has 0 unspecified atom stereocenters. The monoisotopic (exact) mass is 372 g/mol. The van der Waals surface area contributed by atoms with Crippen molar-refractivity contribution in [1.82, 2.24) is 15.3 Å². The maximum absolute atomic E-state index is 12.3. The zero-order valence-corrected chi connectivity index (χ0v) is 15.8. The predicted octanol–water partition coefficient (Wildman–Crippen LogP) is 0.554. The van der Waals surface area contributed by atoms with Crippen molar-refractivity contribution in [2.75, 3.05) is 44.7 Å². The number of methoxy groups -OCH3 is 1. The van der Waals surface area contributed by atoms with Crippen molar-refractivity contribution in [1.29, 1.82) is 0 Å². The standard InChI is InChI=1S/C19H24N4O4/c1-13-14(2)19(26)23(18(13)25)20-17(24)12-21-8-10-22(11-9-21)15-6-4-5-7-16(15)27-3/h4-7H,8-12H2,1-3H3,(H,20,24). The molecule has 8 nitrogen and oxygen atoms in total. The van der Waals surface area contributed by atoms with Crippen LogP contribution in [0.4, 0.5) is 5.69 Å². The van der Waals surface area contributed by atoms with Crippen LogP contribution in [0, 0.1) is 0 Å². The van der Waals surface area contributed by atoms with Crippen LogP contribution in [0.3, 0.4) is 0 Å². The normalized spacial score (nSPS) is 18.3. The molecule has 0 radical (unpaired) electrons. The number of carbonyl (C=O) groups excluding carboxylic acids is 3. The van der Waals surface area contributed by atoms with Gasteiger partial charge in [0.25, 0.3) is 17.7 Å². The third-order valence-corrected chi connectivity index (χ3v) is 5.01. The fraction of sp³-hybridized carbons (Fsp3) is 0.421. The number of amides is 3. The third kappa shape index (κ3) is 3.80. The molecule has 1 fully saturated rings. The van der Waals surface area contributed by atoms with Gasteiger partial charge in [-0.15, -0.1) is 0 Å². The molecule has 0 saturated carbocycles. The van der Waals surface area contributed by atoms with E-state index in [0.29, 0.717) is 24.2 Å². The van der Waals surface area contributed by atoms with Crippen LogP contribution in [0.15, 0.2) is 35.4 Å². The van der Waals surface area contributed by atoms with Gasteiger partial charge in [0, 0.05) is 37.3 Å². The summed E-state index contributed by atoms with van der Waals surface area (Å²) >= 11 is 0. The smallest absolute Gasteiger partial charge is 0.275 e. The molecule has 1 aromatic carbocycles. The molecule has 8 heteroatoms. The molecule has 1 N–H and O–H groups in total. The summed E-state index contributed by atoms with van der Waals surface area (Å²) in [5.41, 5.74) is 4.20. The summed E-state index contributed by atoms with van der Waals surface area (Å²) in [7, 11) is 1.65. The summed E-state index contributed by atoms with van der Waals surface area (Å²) in [4.78, 5) is 40.5. The number of anilines is 1. The Morgan fingerprint density at radius 1 is 1.04 bits per heavy atom. The third-order valence-electron chi connectivity index (χ3n) is 5.01. The maximum Gasteiger partial charge on any atom is 0.275 e. The van der Waals surface area contributed by atoms with E-state index in [0.717, 1.165) is 29.5 Å². The number of imide groups is 1. The lowest BCUT2D eigenvalue weighted by Crippen LogP contribution is -2.53. The van der Waals surface area contributed by atoms with Gasteiger partial charge in [0.2, 0.25) is 0 Å². The first kappa shape index (κ1) is 18.9. The molecule has 3 rings (SSSR count). The molecule has 2 heterocycles. The van der Waals surface area contributed by atoms with Crippen molar-refractivity contribution in [3.63, 3.8) is 0 Å². The lowest BCUT2D eigenvalue weighted by Gasteiger charge is -2.36. The van der Waals surface area contributed by atoms with E-state index in [1.807, 2.05) is 29.2 Å². The minimum atomic E-state index is -0.466. The molecule has 3 amide bonds. The first-order valence-electron chi connectivity index (χ1n) is 8.88. The molecule has 27 heavy (non-hydrogen) atoms. The van der Waals surface area contributed by atoms with Gasteiger partial charge in [-0.25, -0.2) is 0 Å². The Balaban J connectivity index is 1.52. The van der Waals surface area contributed by atoms with Gasteiger partial charge < -0.3 is 9.64 Å². The summed E-state index contributed by atoms with van der Waals surface area (Å²) in [6, 6.07) is 7.85. The van der Waals surface area contributed by atoms with Gasteiger partial charge >= 0.3 is 0 Å². The predicted molar refractivity (Wildman–Crippen MR) is 100 cm³/mol. The van der Waals surface area contributed by atoms with Gasteiger partial charge in [0.15, 0.2) is 0 Å². The van der Waals surface area contributed by atoms with Crippen molar-refractivity contribution >= 4 is 23.4 Å². The second-order valence-electron chi connectivity index (χ2n) is 6.67. The second kappa shape index (κ2) is 7.79. The van der Waals surface area contributed by atoms with E-state index >= 15 is 0 Å². The number of nitrogens with zero attached hydrogens (tertiary/aromatic N) is 3. The van der Waals surface area contributed by atoms with Crippen LogP contribution in [0.1, 0.15) is 13.8 Å². The summed E-state index contributed by atoms with van der Waals surface area (Å²) in [6.07, 6.45) is 0. The van der Waals surface area contributed by atoms with Gasteiger partial charge in [0.1, 0.15) is 5.75 Å². The average Bonchev–Trinajstić information content (AvgIpc) is 2.86. The number of hydrazine groups is 1. The van der Waals surface area contributed by atoms with Gasteiger partial charge in [-0.1, -0.05) is 12.1 Å². The van der Waals surface area contributed by atoms with Crippen LogP contribution >= 0.6 is 0 Å². The molecule has 0 spiro atoms. The van der Waals surface area contributed by atoms with Crippen molar-refractivity contribution in [2.24, 2.45) is 0 Å². The summed E-state index contributed by atoms with van der Waals surface area (Å²) in [5.74, 6) is -0.475. The first-order valence-corrected chi connectivity index (χ1v) is 8.88. The van der Waals surface area contributed by atoms with Gasteiger partial charge in [-0.2, -0.15) is 5.01 Å². The number of para-hydroxylation sites is 2. The zero-order chi connectivity index (χ0) is 19.6. The molecule has 1 aromatic rings. The van der Waals surface area contributed by atoms with E-state index in [-0.39, 0.29) is 12.5 Å². The molecule has 0 atom stereocenters. The van der Waals surface area contributed by atoms with Crippen LogP contribution in [-0.2, 0) is 14.4 Å². The van der Waals surface area contributed by atoms with Crippen LogP contribution in [-0.4, -0.2) is 67.5 Å². The fourth-order valence-corrected chi connectivity index (χ4v) is 3.25. The van der Waals surface area contributed by atoms with Gasteiger partial charge in [-0.05, 0) is 26.0 Å². The highest BCUT2D eigenvalue weighted by atomic mass is 16.5. The van der Waals surface area contributed by atoms with E-state index < -0.39 is 11.8 Å². The number of hydrogen-bond donors (Lipinski definition) is 1. The van der Waals surface area contributed by atoms with Crippen molar-refractivity contribution in [3.05, 3.63) is 35.4 Å². The molecule has 1 saturated heterocycles. The SMILES string of the molecule is COc1ccccc1N1CCN(CC(=O)NN2C(=O)C(C)=C(C)C2=O)CC1. The lowest BCUT2D eigenvalue weighted by molar-refractivity contribution is -0.147. The zero-order valence-electron chi connectivity index (χ0n) is 15.8. The van der Waals surface area contributed by atoms with E-state index in [1.165, 1.54) is 0 Å². The number of ether oxygens (including phenoxy) is 1. The number of benzene rings is 1. The van der Waals surface area contributed by atoms with Crippen LogP contribution in [0.2, 0.25) is 0 Å². The van der Waals surface area contributed by atoms with Crippen molar-refractivity contribution in [3.8, 4) is 5.75 Å². The molecule has 2 aliphatic heterocycles. The topological polar surface area (TPSA) is 82.2 Å². The molecule has 0 bridgehead atoms. The largest absolute Gasteiger partial charge is 0.495 e. The molecular weight excluding hydrogens is 348 g/mol. The number of carbonyl (C=O) groups is 3. The average molecular weight is 372 g/mol. The number of rotatable bonds is 5. The highest BCUT2D eigenvalue weighted by molar-refractivity contribution is 6.19. The Morgan fingerprint density at radius 2 is 1.63 bits per heavy atom. The highest BCUT2D eigenvalue weighted by Crippen LogP contribution is 2.28. The molecule has 0 aromatic heterocycles. The van der Waals surface area contributed by atoms with E-state index in [1.54, 1.807) is 21.0 Å². The Kier molecular flexibility index (Phi) is 5.46. The van der Waals surface area contributed by atoms with Gasteiger partial charge in [-0.3, -0.25) is 24.7 Å². The minimum Gasteiger partial charge on any atom is -0.495 e. The van der Waals surface area contributed by atoms with Crippen molar-refractivity contribution < 1.29 is 19.1 Å². The lowest BCUT2D eigenvalue weighted by atomic mass is 10.2. The number of nitrogens with one attached hydrogen (secondary N) is 1. The molecule has 144 valence electrons.